The number of nitrogens with zero attached hydrogens (tertiary/aromatic N) is 3. The molecule has 3 rings (SSSR count). The summed E-state index contributed by atoms with van der Waals surface area (Å²) < 4.78 is 5.24. The van der Waals surface area contributed by atoms with Crippen molar-refractivity contribution in [2.45, 2.75) is 0 Å². The number of hydrogen-bond donors (Lipinski definition) is 1. The Labute approximate surface area is 120 Å². The molecule has 0 spiro atoms. The molecule has 6 nitrogen and oxygen atoms in total. The van der Waals surface area contributed by atoms with Crippen LogP contribution < -0.4 is 0 Å². The Kier molecular flexibility index (Phi) is 3.66. The van der Waals surface area contributed by atoms with Gasteiger partial charge in [0, 0.05) is 31.0 Å². The predicted octanol–water partition coefficient (Wildman–Crippen LogP) is 1.60. The lowest BCUT2D eigenvalue weighted by Gasteiger charge is -2.26. The van der Waals surface area contributed by atoms with Gasteiger partial charge in [-0.2, -0.15) is 0 Å². The monoisotopic (exact) mass is 292 g/mol. The second-order valence-electron chi connectivity index (χ2n) is 4.43. The van der Waals surface area contributed by atoms with Gasteiger partial charge >= 0.3 is 0 Å². The molecule has 1 aliphatic heterocycles. The number of hydrogen-bond acceptors (Lipinski definition) is 4. The summed E-state index contributed by atoms with van der Waals surface area (Å²) in [5, 5.41) is 0.433. The molecule has 1 aliphatic rings. The first kappa shape index (κ1) is 13.1. The van der Waals surface area contributed by atoms with Crippen molar-refractivity contribution >= 4 is 17.5 Å². The van der Waals surface area contributed by atoms with E-state index < -0.39 is 0 Å². The molecule has 1 fully saturated rings. The van der Waals surface area contributed by atoms with Crippen molar-refractivity contribution in [3.8, 4) is 11.3 Å². The number of ether oxygens (including phenoxy) is 1. The normalized spacial score (nSPS) is 15.3. The topological polar surface area (TPSA) is 71.1 Å². The summed E-state index contributed by atoms with van der Waals surface area (Å²) in [6, 6.07) is 1.76. The Hall–Kier alpha value is -1.92. The Morgan fingerprint density at radius 1 is 1.35 bits per heavy atom. The average molecular weight is 293 g/mol. The maximum Gasteiger partial charge on any atom is 0.255 e. The third-order valence-electron chi connectivity index (χ3n) is 3.15. The Bertz CT molecular complexity index is 622. The number of carbonyl (C=O) groups excluding carboxylic acids is 1. The first-order chi connectivity index (χ1) is 9.75. The van der Waals surface area contributed by atoms with Crippen LogP contribution in [0.5, 0.6) is 0 Å². The van der Waals surface area contributed by atoms with Crippen molar-refractivity contribution in [2.75, 3.05) is 26.3 Å². The highest BCUT2D eigenvalue weighted by Crippen LogP contribution is 2.24. The summed E-state index contributed by atoms with van der Waals surface area (Å²) in [6.07, 6.45) is 4.70. The van der Waals surface area contributed by atoms with Crippen LogP contribution in [-0.4, -0.2) is 52.1 Å². The van der Waals surface area contributed by atoms with Gasteiger partial charge < -0.3 is 14.6 Å². The van der Waals surface area contributed by atoms with E-state index >= 15 is 0 Å². The molecule has 0 saturated carbocycles. The molecule has 1 amide bonds. The molecule has 3 heterocycles. The standard InChI is InChI=1S/C13H13ClN4O2/c14-12-11(16-8-17-12)9-5-10(7-15-6-9)13(19)18-1-3-20-4-2-18/h5-8H,1-4H2,(H,16,17). The fraction of sp³-hybridized carbons (Fsp3) is 0.308. The van der Waals surface area contributed by atoms with Gasteiger partial charge in [0.05, 0.1) is 25.1 Å². The van der Waals surface area contributed by atoms with Crippen molar-refractivity contribution in [3.05, 3.63) is 35.5 Å². The molecule has 0 radical (unpaired) electrons. The molecular formula is C13H13ClN4O2. The Morgan fingerprint density at radius 2 is 2.15 bits per heavy atom. The molecule has 0 unspecified atom stereocenters. The highest BCUT2D eigenvalue weighted by molar-refractivity contribution is 6.31. The van der Waals surface area contributed by atoms with Crippen LogP contribution in [0.4, 0.5) is 0 Å². The van der Waals surface area contributed by atoms with Crippen molar-refractivity contribution < 1.29 is 9.53 Å². The van der Waals surface area contributed by atoms with E-state index in [0.717, 1.165) is 5.56 Å². The summed E-state index contributed by atoms with van der Waals surface area (Å²) in [5.74, 6) is -0.0469. The molecule has 7 heteroatoms. The van der Waals surface area contributed by atoms with Gasteiger partial charge in [-0.25, -0.2) is 4.98 Å². The number of H-pyrrole nitrogens is 1. The van der Waals surface area contributed by atoms with Gasteiger partial charge in [-0.15, -0.1) is 0 Å². The third-order valence-corrected chi connectivity index (χ3v) is 3.44. The molecule has 1 saturated heterocycles. The molecule has 0 bridgehead atoms. The quantitative estimate of drug-likeness (QED) is 0.912. The zero-order valence-corrected chi connectivity index (χ0v) is 11.4. The lowest BCUT2D eigenvalue weighted by molar-refractivity contribution is 0.0302. The zero-order valence-electron chi connectivity index (χ0n) is 10.7. The molecular weight excluding hydrogens is 280 g/mol. The first-order valence-corrected chi connectivity index (χ1v) is 6.65. The van der Waals surface area contributed by atoms with Crippen LogP contribution in [0.25, 0.3) is 11.3 Å². The number of nitrogens with one attached hydrogen (secondary N) is 1. The second-order valence-corrected chi connectivity index (χ2v) is 4.81. The number of pyridine rings is 1. The fourth-order valence-corrected chi connectivity index (χ4v) is 2.32. The SMILES string of the molecule is O=C(c1cncc(-c2nc[nH]c2Cl)c1)N1CCOCC1. The average Bonchev–Trinajstić information content (AvgIpc) is 2.94. The minimum atomic E-state index is -0.0469. The molecule has 2 aromatic heterocycles. The fourth-order valence-electron chi connectivity index (χ4n) is 2.12. The summed E-state index contributed by atoms with van der Waals surface area (Å²) in [7, 11) is 0. The zero-order chi connectivity index (χ0) is 13.9. The van der Waals surface area contributed by atoms with Crippen molar-refractivity contribution in [2.24, 2.45) is 0 Å². The molecule has 0 aromatic carbocycles. The maximum absolute atomic E-state index is 12.4. The van der Waals surface area contributed by atoms with Crippen LogP contribution in [0, 0.1) is 0 Å². The van der Waals surface area contributed by atoms with Gasteiger partial charge in [0.15, 0.2) is 0 Å². The van der Waals surface area contributed by atoms with Crippen LogP contribution >= 0.6 is 11.6 Å². The van der Waals surface area contributed by atoms with E-state index in [2.05, 4.69) is 15.0 Å². The number of morpholine rings is 1. The number of imidazole rings is 1. The van der Waals surface area contributed by atoms with Crippen LogP contribution in [0.1, 0.15) is 10.4 Å². The lowest BCUT2D eigenvalue weighted by atomic mass is 10.1. The van der Waals surface area contributed by atoms with Gasteiger partial charge in [-0.05, 0) is 6.07 Å². The Morgan fingerprint density at radius 3 is 2.85 bits per heavy atom. The van der Waals surface area contributed by atoms with Gasteiger partial charge in [-0.3, -0.25) is 9.78 Å². The molecule has 104 valence electrons. The van der Waals surface area contributed by atoms with Crippen LogP contribution in [0.3, 0.4) is 0 Å². The molecule has 1 N–H and O–H groups in total. The van der Waals surface area contributed by atoms with Crippen molar-refractivity contribution in [1.29, 1.82) is 0 Å². The number of aromatic nitrogens is 3. The number of amides is 1. The lowest BCUT2D eigenvalue weighted by Crippen LogP contribution is -2.40. The number of halogens is 1. The number of aromatic amines is 1. The molecule has 20 heavy (non-hydrogen) atoms. The summed E-state index contributed by atoms with van der Waals surface area (Å²) in [5.41, 5.74) is 1.84. The van der Waals surface area contributed by atoms with E-state index in [1.807, 2.05) is 0 Å². The maximum atomic E-state index is 12.4. The highest BCUT2D eigenvalue weighted by atomic mass is 35.5. The molecule has 0 atom stereocenters. The van der Waals surface area contributed by atoms with Gasteiger partial charge in [-0.1, -0.05) is 11.6 Å². The molecule has 0 aliphatic carbocycles. The van der Waals surface area contributed by atoms with E-state index in [9.17, 15) is 4.79 Å². The highest BCUT2D eigenvalue weighted by Gasteiger charge is 2.19. The number of rotatable bonds is 2. The molecule has 2 aromatic rings. The largest absolute Gasteiger partial charge is 0.378 e. The Balaban J connectivity index is 1.87. The van der Waals surface area contributed by atoms with E-state index in [1.54, 1.807) is 23.4 Å². The van der Waals surface area contributed by atoms with E-state index in [4.69, 9.17) is 16.3 Å². The summed E-state index contributed by atoms with van der Waals surface area (Å²) in [4.78, 5) is 25.2. The first-order valence-electron chi connectivity index (χ1n) is 6.27. The summed E-state index contributed by atoms with van der Waals surface area (Å²) in [6.45, 7) is 2.35. The van der Waals surface area contributed by atoms with Crippen molar-refractivity contribution in [3.63, 3.8) is 0 Å². The van der Waals surface area contributed by atoms with Crippen LogP contribution in [0.15, 0.2) is 24.8 Å². The van der Waals surface area contributed by atoms with Gasteiger partial charge in [0.1, 0.15) is 10.8 Å². The number of carbonyl (C=O) groups is 1. The van der Waals surface area contributed by atoms with E-state index in [-0.39, 0.29) is 5.91 Å². The minimum Gasteiger partial charge on any atom is -0.378 e. The minimum absolute atomic E-state index is 0.0469. The van der Waals surface area contributed by atoms with E-state index in [0.29, 0.717) is 42.7 Å². The second kappa shape index (κ2) is 5.60. The van der Waals surface area contributed by atoms with Gasteiger partial charge in [0.2, 0.25) is 0 Å². The van der Waals surface area contributed by atoms with Gasteiger partial charge in [0.25, 0.3) is 5.91 Å². The van der Waals surface area contributed by atoms with E-state index in [1.165, 1.54) is 6.33 Å². The van der Waals surface area contributed by atoms with Crippen LogP contribution in [-0.2, 0) is 4.74 Å². The predicted molar refractivity (Wildman–Crippen MR) is 73.6 cm³/mol. The van der Waals surface area contributed by atoms with Crippen molar-refractivity contribution in [1.82, 2.24) is 19.9 Å². The van der Waals surface area contributed by atoms with Crippen LogP contribution in [0.2, 0.25) is 5.15 Å². The smallest absolute Gasteiger partial charge is 0.255 e. The third kappa shape index (κ3) is 2.52. The summed E-state index contributed by atoms with van der Waals surface area (Å²) >= 11 is 6.00.